The van der Waals surface area contributed by atoms with E-state index in [1.165, 1.54) is 131 Å². The Balaban J connectivity index is 0.000000140. The summed E-state index contributed by atoms with van der Waals surface area (Å²) in [5, 5.41) is 29.9. The van der Waals surface area contributed by atoms with Crippen LogP contribution in [0.4, 0.5) is 26.3 Å². The summed E-state index contributed by atoms with van der Waals surface area (Å²) < 4.78 is 84.6. The van der Waals surface area contributed by atoms with Gasteiger partial charge in [0.25, 0.3) is 0 Å². The Morgan fingerprint density at radius 3 is 0.884 bits per heavy atom. The number of aliphatic hydroxyl groups excluding tert-OH is 1. The number of halogens is 6. The molecule has 6 nitrogen and oxygen atoms in total. The van der Waals surface area contributed by atoms with Crippen molar-refractivity contribution in [3.05, 3.63) is 287 Å². The predicted octanol–water partition coefficient (Wildman–Crippen LogP) is 20.9. The van der Waals surface area contributed by atoms with Crippen LogP contribution in [0.2, 0.25) is 0 Å². The van der Waals surface area contributed by atoms with Gasteiger partial charge in [0.1, 0.15) is 23.8 Å². The minimum absolute atomic E-state index is 0.000586. The molecule has 0 unspecified atom stereocenters. The molecule has 2 aliphatic carbocycles. The lowest BCUT2D eigenvalue weighted by atomic mass is 9.85. The van der Waals surface area contributed by atoms with E-state index in [-0.39, 0.29) is 31.1 Å². The molecule has 12 heteroatoms. The SMILES string of the molecule is CC(=O)CC(=O)c1cc(F)c(F)cc1F.O=C(CC(=O)c1cc(F)c(F)cc1F)OCCCC1c2c(c3ccccc3c3ccccc23)-c2c1c1ccccc1c1ccccc21.OCCCC1c2c(c3ccccc3c3ccccc23)-c2c1c1ccccc1c1ccccc21. The first-order valence-corrected chi connectivity index (χ1v) is 31.6. The van der Waals surface area contributed by atoms with E-state index in [2.05, 4.69) is 194 Å². The van der Waals surface area contributed by atoms with Gasteiger partial charge < -0.3 is 9.84 Å². The van der Waals surface area contributed by atoms with Crippen LogP contribution in [0, 0.1) is 34.9 Å². The van der Waals surface area contributed by atoms with E-state index in [0.717, 1.165) is 19.8 Å². The lowest BCUT2D eigenvalue weighted by Crippen LogP contribution is -2.14. The van der Waals surface area contributed by atoms with Crippen molar-refractivity contribution < 1.29 is 55.4 Å². The molecule has 2 aliphatic rings. The average Bonchev–Trinajstić information content (AvgIpc) is 1.56. The number of Topliss-reactive ketones (excluding diaryl/α,β-unsaturated/α-hetero) is 3. The Morgan fingerprint density at radius 1 is 0.337 bits per heavy atom. The summed E-state index contributed by atoms with van der Waals surface area (Å²) in [5.41, 5.74) is 9.35. The summed E-state index contributed by atoms with van der Waals surface area (Å²) in [5.74, 6) is -10.7. The Morgan fingerprint density at radius 2 is 0.589 bits per heavy atom. The maximum atomic E-state index is 14.1. The molecule has 14 aromatic rings. The minimum Gasteiger partial charge on any atom is -0.465 e. The maximum Gasteiger partial charge on any atom is 0.313 e. The van der Waals surface area contributed by atoms with Gasteiger partial charge >= 0.3 is 5.97 Å². The topological polar surface area (TPSA) is 97.7 Å². The van der Waals surface area contributed by atoms with E-state index in [0.29, 0.717) is 31.0 Å². The summed E-state index contributed by atoms with van der Waals surface area (Å²) in [4.78, 5) is 46.9. The zero-order valence-corrected chi connectivity index (χ0v) is 51.4. The molecule has 0 heterocycles. The molecule has 0 fully saturated rings. The summed E-state index contributed by atoms with van der Waals surface area (Å²) in [6.07, 6.45) is 1.62. The molecule has 0 aromatic heterocycles. The average molecular weight is 1270 g/mol. The Kier molecular flexibility index (Phi) is 16.6. The number of ketones is 3. The van der Waals surface area contributed by atoms with Crippen molar-refractivity contribution in [3.8, 4) is 22.3 Å². The highest BCUT2D eigenvalue weighted by Gasteiger charge is 2.37. The van der Waals surface area contributed by atoms with Crippen molar-refractivity contribution in [2.75, 3.05) is 13.2 Å². The molecule has 0 aliphatic heterocycles. The lowest BCUT2D eigenvalue weighted by molar-refractivity contribution is -0.142. The number of rotatable bonds is 13. The van der Waals surface area contributed by atoms with Crippen molar-refractivity contribution >= 4 is 109 Å². The Labute approximate surface area is 541 Å². The summed E-state index contributed by atoms with van der Waals surface area (Å²) in [7, 11) is 0. The molecular weight excluding hydrogens is 1210 g/mol. The van der Waals surface area contributed by atoms with Crippen LogP contribution >= 0.6 is 0 Å². The predicted molar refractivity (Wildman–Crippen MR) is 365 cm³/mol. The summed E-state index contributed by atoms with van der Waals surface area (Å²) >= 11 is 0. The maximum absolute atomic E-state index is 14.1. The third-order valence-electron chi connectivity index (χ3n) is 18.7. The van der Waals surface area contributed by atoms with Gasteiger partial charge in [0.05, 0.1) is 24.2 Å². The number of hydrogen-bond donors (Lipinski definition) is 1. The van der Waals surface area contributed by atoms with Gasteiger partial charge in [-0.05, 0) is 175 Å². The number of carbonyl (C=O) groups excluding carboxylic acids is 4. The highest BCUT2D eigenvalue weighted by molar-refractivity contribution is 6.27. The molecule has 0 saturated carbocycles. The first-order chi connectivity index (χ1) is 46.2. The molecule has 95 heavy (non-hydrogen) atoms. The Hall–Kier alpha value is -10.8. The first kappa shape index (κ1) is 61.7. The fraction of sp³-hybridized carbons (Fsp3) is 0.133. The molecule has 0 bridgehead atoms. The summed E-state index contributed by atoms with van der Waals surface area (Å²) in [6, 6.07) is 71.1. The minimum atomic E-state index is -1.40. The van der Waals surface area contributed by atoms with Crippen LogP contribution in [0.25, 0.3) is 108 Å². The van der Waals surface area contributed by atoms with Gasteiger partial charge in [0.2, 0.25) is 0 Å². The second-order valence-corrected chi connectivity index (χ2v) is 24.2. The molecule has 14 aromatic carbocycles. The standard InChI is InChI=1S/C41H27F3O3.C32H24O.C10H7F3O2/c42-33-21-35(44)34(43)20-32(33)36(45)22-37(46)47-19-9-18-31-38-27-14-5-1-10-23(27)25-12-3-7-16-29(25)40(38)41-30-17-8-4-13-26(30)24-11-2-6-15-28(24)39(31)41;33-19-9-18-28-29-24-14-5-1-10-20(24)22-12-3-7-16-26(22)31(29)32-27-17-8-4-13-23(27)21-11-2-6-15-25(21)30(28)32;1-5(14)2-10(15)6-3-8(12)9(13)4-7(6)11/h1-8,10-17,20-21,31H,9,18-19,22H2;1-8,10-17,28,33H,9,18-19H2;3-4H,2H2,1H3. The highest BCUT2D eigenvalue weighted by Crippen LogP contribution is 2.59. The van der Waals surface area contributed by atoms with Crippen LogP contribution in [0.1, 0.15) is 100 Å². The summed E-state index contributed by atoms with van der Waals surface area (Å²) in [6.45, 7) is 1.42. The van der Waals surface area contributed by atoms with E-state index in [1.54, 1.807) is 0 Å². The van der Waals surface area contributed by atoms with Crippen molar-refractivity contribution in [2.45, 2.75) is 57.3 Å². The van der Waals surface area contributed by atoms with Crippen LogP contribution in [0.15, 0.2) is 218 Å². The molecule has 0 spiro atoms. The molecule has 0 amide bonds. The van der Waals surface area contributed by atoms with Gasteiger partial charge in [-0.3, -0.25) is 19.2 Å². The van der Waals surface area contributed by atoms with Gasteiger partial charge in [0.15, 0.2) is 34.8 Å². The van der Waals surface area contributed by atoms with Crippen molar-refractivity contribution in [3.63, 3.8) is 0 Å². The fourth-order valence-electron chi connectivity index (χ4n) is 14.9. The van der Waals surface area contributed by atoms with Crippen molar-refractivity contribution in [1.82, 2.24) is 0 Å². The Bertz CT molecular complexity index is 5280. The number of ether oxygens (including phenoxy) is 1. The highest BCUT2D eigenvalue weighted by atomic mass is 19.2. The molecule has 0 atom stereocenters. The number of benzene rings is 14. The molecule has 1 N–H and O–H groups in total. The third-order valence-corrected chi connectivity index (χ3v) is 18.7. The number of fused-ring (bicyclic) bond motifs is 26. The number of esters is 1. The van der Waals surface area contributed by atoms with E-state index >= 15 is 0 Å². The van der Waals surface area contributed by atoms with E-state index in [9.17, 15) is 50.6 Å². The second kappa shape index (κ2) is 25.6. The normalized spacial score (nSPS) is 12.4. The molecular formula is C83H58F6O6. The second-order valence-electron chi connectivity index (χ2n) is 24.2. The first-order valence-electron chi connectivity index (χ1n) is 31.6. The van der Waals surface area contributed by atoms with Crippen molar-refractivity contribution in [2.24, 2.45) is 0 Å². The zero-order chi connectivity index (χ0) is 65.8. The molecule has 0 saturated heterocycles. The van der Waals surface area contributed by atoms with Gasteiger partial charge in [-0.1, -0.05) is 194 Å². The largest absolute Gasteiger partial charge is 0.465 e. The van der Waals surface area contributed by atoms with E-state index < -0.39 is 82.2 Å². The molecule has 0 radical (unpaired) electrons. The van der Waals surface area contributed by atoms with E-state index in [1.807, 2.05) is 0 Å². The number of aliphatic hydroxyl groups is 1. The monoisotopic (exact) mass is 1260 g/mol. The number of hydrogen-bond acceptors (Lipinski definition) is 6. The van der Waals surface area contributed by atoms with Crippen molar-refractivity contribution in [1.29, 1.82) is 0 Å². The molecule has 16 rings (SSSR count). The van der Waals surface area contributed by atoms with Gasteiger partial charge in [-0.25, -0.2) is 26.3 Å². The third kappa shape index (κ3) is 10.9. The quantitative estimate of drug-likeness (QED) is 0.0235. The van der Waals surface area contributed by atoms with Crippen LogP contribution in [0.5, 0.6) is 0 Å². The fourth-order valence-corrected chi connectivity index (χ4v) is 14.9. The van der Waals surface area contributed by atoms with Crippen LogP contribution < -0.4 is 0 Å². The lowest BCUT2D eigenvalue weighted by Gasteiger charge is -2.19. The van der Waals surface area contributed by atoms with Crippen LogP contribution in [-0.2, 0) is 14.3 Å². The smallest absolute Gasteiger partial charge is 0.313 e. The van der Waals surface area contributed by atoms with Gasteiger partial charge in [0, 0.05) is 30.6 Å². The number of carbonyl (C=O) groups is 4. The van der Waals surface area contributed by atoms with Gasteiger partial charge in [-0.15, -0.1) is 0 Å². The van der Waals surface area contributed by atoms with Crippen LogP contribution in [-0.4, -0.2) is 41.6 Å². The van der Waals surface area contributed by atoms with Crippen LogP contribution in [0.3, 0.4) is 0 Å². The molecule has 468 valence electrons. The van der Waals surface area contributed by atoms with Gasteiger partial charge in [-0.2, -0.15) is 0 Å². The zero-order valence-electron chi connectivity index (χ0n) is 51.4. The van der Waals surface area contributed by atoms with E-state index in [4.69, 9.17) is 4.74 Å².